The first-order valence-electron chi connectivity index (χ1n) is 39.1. The summed E-state index contributed by atoms with van der Waals surface area (Å²) in [6.45, 7) is 24.5. The molecule has 0 radical (unpaired) electrons. The first kappa shape index (κ1) is 78.3. The third-order valence-corrected chi connectivity index (χ3v) is 22.5. The average molecular weight is 1570 g/mol. The first-order valence-corrected chi connectivity index (χ1v) is 39.2. The van der Waals surface area contributed by atoms with Crippen molar-refractivity contribution >= 4 is 42.5 Å². The van der Waals surface area contributed by atoms with Crippen molar-refractivity contribution in [1.29, 1.82) is 0 Å². The fourth-order valence-electron chi connectivity index (χ4n) is 13.6. The van der Waals surface area contributed by atoms with Crippen molar-refractivity contribution in [3.05, 3.63) is 320 Å². The molecule has 3 aliphatic rings. The van der Waals surface area contributed by atoms with Crippen LogP contribution in [-0.2, 0) is 27.9 Å². The number of benzene rings is 12. The highest BCUT2D eigenvalue weighted by Gasteiger charge is 2.64. The normalized spacial score (nSPS) is 15.9. The number of aromatic nitrogens is 6. The fraction of sp³-hybridized carbons (Fsp3) is 0.196. The Balaban J connectivity index is 0.000000154. The molecule has 12 nitrogen and oxygen atoms in total. The predicted octanol–water partition coefficient (Wildman–Crippen LogP) is 23.6. The predicted molar refractivity (Wildman–Crippen MR) is 467 cm³/mol. The molecule has 0 spiro atoms. The second-order valence-electron chi connectivity index (χ2n) is 31.5. The van der Waals surface area contributed by atoms with Crippen LogP contribution >= 0.6 is 15.9 Å². The van der Waals surface area contributed by atoms with Gasteiger partial charge in [-0.05, 0) is 216 Å². The zero-order valence-corrected chi connectivity index (χ0v) is 67.9. The molecule has 114 heavy (non-hydrogen) atoms. The second kappa shape index (κ2) is 33.6. The van der Waals surface area contributed by atoms with Crippen LogP contribution in [0.2, 0.25) is 0 Å². The van der Waals surface area contributed by atoms with E-state index in [1.807, 2.05) is 201 Å². The molecule has 0 saturated carbocycles. The van der Waals surface area contributed by atoms with Gasteiger partial charge in [0.1, 0.15) is 0 Å². The summed E-state index contributed by atoms with van der Waals surface area (Å²) in [6.07, 6.45) is 0. The maximum Gasteiger partial charge on any atom is 0.494 e. The van der Waals surface area contributed by atoms with Crippen molar-refractivity contribution < 1.29 is 33.7 Å². The van der Waals surface area contributed by atoms with E-state index < -0.39 is 39.5 Å². The highest BCUT2D eigenvalue weighted by atomic mass is 79.9. The van der Waals surface area contributed by atoms with E-state index in [4.69, 9.17) is 59.2 Å². The maximum absolute atomic E-state index is 9.96. The number of hydrogen-bond acceptors (Lipinski definition) is 12. The van der Waals surface area contributed by atoms with Crippen LogP contribution in [0.1, 0.15) is 84.5 Å². The van der Waals surface area contributed by atoms with Gasteiger partial charge in [0.05, 0.1) is 42.1 Å². The van der Waals surface area contributed by atoms with E-state index in [0.29, 0.717) is 34.9 Å². The van der Waals surface area contributed by atoms with Gasteiger partial charge in [-0.3, -0.25) is 4.39 Å². The van der Waals surface area contributed by atoms with Crippen molar-refractivity contribution in [3.63, 3.8) is 0 Å². The second-order valence-corrected chi connectivity index (χ2v) is 32.5. The number of alkyl halides is 1. The van der Waals surface area contributed by atoms with Crippen LogP contribution in [0.15, 0.2) is 320 Å². The first-order chi connectivity index (χ1) is 55.2. The Morgan fingerprint density at radius 1 is 0.237 bits per heavy atom. The molecule has 0 aliphatic carbocycles. The van der Waals surface area contributed by atoms with Crippen LogP contribution in [0.25, 0.3) is 135 Å². The minimum absolute atomic E-state index is 0.360. The molecule has 17 rings (SSSR count). The van der Waals surface area contributed by atoms with Crippen molar-refractivity contribution in [3.8, 4) is 135 Å². The fourth-order valence-corrected chi connectivity index (χ4v) is 14.1. The molecule has 14 aromatic rings. The van der Waals surface area contributed by atoms with Gasteiger partial charge >= 0.3 is 21.1 Å². The van der Waals surface area contributed by atoms with E-state index in [-0.39, 0.29) is 22.4 Å². The molecule has 568 valence electrons. The Hall–Kier alpha value is -11.0. The van der Waals surface area contributed by atoms with Crippen LogP contribution < -0.4 is 5.46 Å². The van der Waals surface area contributed by atoms with Gasteiger partial charge in [0.15, 0.2) is 34.9 Å². The third kappa shape index (κ3) is 17.8. The van der Waals surface area contributed by atoms with E-state index in [0.717, 1.165) is 99.0 Å². The van der Waals surface area contributed by atoms with E-state index >= 15 is 0 Å². The number of hydrogen-bond donors (Lipinski definition) is 0. The third-order valence-electron chi connectivity index (χ3n) is 22.0. The molecule has 0 bridgehead atoms. The standard InChI is InChI=1S/C45H38BN3O2.C39H26BrN3.C12H24B2O4.CH3F/c1-44(2)45(3,4)51-46(50-44)40-29-38(37-26-35(31-17-9-5-10-18-31)25-36(27-37)32-19-11-6-12-20-32)28-39(30-40)43-48-41(33-21-13-7-14-22-33)47-42(49-43)34-23-15-8-16-24-34;40-36-25-34(33-22-31(27-13-5-1-6-14-27)21-32(23-33)28-15-7-2-8-16-28)24-35(26-36)39-42-37(29-17-9-3-10-18-29)41-38(43-39)30-19-11-4-12-20-30;1-9(2)10(3,4)16-13(15-9)14-17-11(5,6)12(7,8)18-14;1-2/h5-30H,1-4H3;1-26H;1-8H3;1H3/i;;;1D. The molecule has 3 aliphatic heterocycles. The number of halogens is 2. The van der Waals surface area contributed by atoms with E-state index in [1.54, 1.807) is 0 Å². The zero-order chi connectivity index (χ0) is 80.7. The summed E-state index contributed by atoms with van der Waals surface area (Å²) in [7, 11) is -2.53. The summed E-state index contributed by atoms with van der Waals surface area (Å²) in [5.41, 5.74) is 17.4. The molecule has 2 aromatic heterocycles. The van der Waals surface area contributed by atoms with Crippen LogP contribution in [0.3, 0.4) is 0 Å². The molecule has 0 atom stereocenters. The highest BCUT2D eigenvalue weighted by Crippen LogP contribution is 2.45. The Labute approximate surface area is 680 Å². The van der Waals surface area contributed by atoms with Crippen LogP contribution in [0, 0.1) is 0 Å². The molecule has 3 fully saturated rings. The molecule has 12 aromatic carbocycles. The summed E-state index contributed by atoms with van der Waals surface area (Å²) in [6, 6.07) is 109. The Morgan fingerprint density at radius 2 is 0.404 bits per heavy atom. The molecule has 17 heteroatoms. The Bertz CT molecular complexity index is 5070. The number of nitrogens with zero attached hydrogens (tertiary/aromatic N) is 6. The lowest BCUT2D eigenvalue weighted by atomic mass is 9.49. The SMILES string of the molecule is Brc1cc(-c2cc(-c3ccccc3)cc(-c3ccccc3)c2)cc(-c2nc(-c3ccccc3)nc(-c3ccccc3)n2)c1.CC1(C)OB(B2OC(C)(C)C(C)(C)O2)OC1(C)C.CC1(C)OB(c2cc(-c3cc(-c4ccccc4)cc(-c4ccccc4)c3)cc(-c3nc(-c4ccccc4)nc(-c4ccccc4)n3)c2)OC1(C)C.[2H]CF. The topological polar surface area (TPSA) is 133 Å². The summed E-state index contributed by atoms with van der Waals surface area (Å²) in [4.78, 5) is 29.9. The van der Waals surface area contributed by atoms with Gasteiger partial charge in [-0.15, -0.1) is 0 Å². The monoisotopic (exact) mass is 1570 g/mol. The average Bonchev–Trinajstić information content (AvgIpc) is 1.59. The van der Waals surface area contributed by atoms with E-state index in [1.165, 1.54) is 11.1 Å². The number of rotatable bonds is 14. The summed E-state index contributed by atoms with van der Waals surface area (Å²) in [5.74, 6) is 3.70. The molecule has 0 N–H and O–H groups in total. The lowest BCUT2D eigenvalue weighted by Gasteiger charge is -2.32. The van der Waals surface area contributed by atoms with Crippen molar-refractivity contribution in [2.24, 2.45) is 0 Å². The van der Waals surface area contributed by atoms with Crippen molar-refractivity contribution in [2.75, 3.05) is 7.15 Å². The summed E-state index contributed by atoms with van der Waals surface area (Å²) < 4.78 is 53.6. The smallest absolute Gasteiger partial charge is 0.405 e. The molecule has 0 amide bonds. The van der Waals surface area contributed by atoms with Gasteiger partial charge in [-0.1, -0.05) is 271 Å². The lowest BCUT2D eigenvalue weighted by Crippen LogP contribution is -2.41. The van der Waals surface area contributed by atoms with Gasteiger partial charge < -0.3 is 27.9 Å². The Kier molecular flexibility index (Phi) is 23.1. The molecule has 0 unspecified atom stereocenters. The summed E-state index contributed by atoms with van der Waals surface area (Å²) in [5, 5.41) is 0. The lowest BCUT2D eigenvalue weighted by molar-refractivity contribution is 0.00578. The quantitative estimate of drug-likeness (QED) is 0.0960. The zero-order valence-electron chi connectivity index (χ0n) is 67.4. The Morgan fingerprint density at radius 3 is 0.658 bits per heavy atom. The minimum atomic E-state index is -1.00. The van der Waals surface area contributed by atoms with Gasteiger partial charge in [-0.25, -0.2) is 29.9 Å². The molecular formula is C97H91B3BrFN6O6. The van der Waals surface area contributed by atoms with E-state index in [2.05, 4.69) is 213 Å². The van der Waals surface area contributed by atoms with E-state index in [9.17, 15) is 4.39 Å². The van der Waals surface area contributed by atoms with Crippen LogP contribution in [-0.4, -0.2) is 91.8 Å². The van der Waals surface area contributed by atoms with Crippen LogP contribution in [0.5, 0.6) is 0 Å². The molecule has 3 saturated heterocycles. The van der Waals surface area contributed by atoms with Crippen molar-refractivity contribution in [1.82, 2.24) is 29.9 Å². The minimum Gasteiger partial charge on any atom is -0.405 e. The largest absolute Gasteiger partial charge is 0.494 e. The van der Waals surface area contributed by atoms with Gasteiger partial charge in [0, 0.05) is 37.9 Å². The van der Waals surface area contributed by atoms with Gasteiger partial charge in [0.25, 0.3) is 0 Å². The molecular weight excluding hydrogens is 1480 g/mol. The van der Waals surface area contributed by atoms with Gasteiger partial charge in [-0.2, -0.15) is 0 Å². The van der Waals surface area contributed by atoms with Crippen molar-refractivity contribution in [2.45, 2.75) is 117 Å². The summed E-state index contributed by atoms with van der Waals surface area (Å²) >= 11 is 3.79. The van der Waals surface area contributed by atoms with Crippen LogP contribution in [0.4, 0.5) is 4.39 Å². The highest BCUT2D eigenvalue weighted by molar-refractivity contribution is 9.10. The maximum atomic E-state index is 9.96. The van der Waals surface area contributed by atoms with Gasteiger partial charge in [0.2, 0.25) is 0 Å². The molecule has 5 heterocycles.